The van der Waals surface area contributed by atoms with Gasteiger partial charge in [-0.1, -0.05) is 43.2 Å². The van der Waals surface area contributed by atoms with Crippen LogP contribution in [0.2, 0.25) is 0 Å². The van der Waals surface area contributed by atoms with E-state index in [1.807, 2.05) is 32.9 Å². The second kappa shape index (κ2) is 6.26. The normalized spacial score (nSPS) is 26.6. The van der Waals surface area contributed by atoms with Crippen molar-refractivity contribution in [1.82, 2.24) is 4.31 Å². The molecule has 1 aromatic rings. The third-order valence-corrected chi connectivity index (χ3v) is 7.70. The molecule has 1 saturated carbocycles. The van der Waals surface area contributed by atoms with E-state index in [0.29, 0.717) is 11.4 Å². The Labute approximate surface area is 151 Å². The molecule has 3 atom stereocenters. The van der Waals surface area contributed by atoms with Crippen molar-refractivity contribution < 1.29 is 8.42 Å². The zero-order valence-corrected chi connectivity index (χ0v) is 16.4. The molecule has 0 spiro atoms. The maximum Gasteiger partial charge on any atom is 0.244 e. The summed E-state index contributed by atoms with van der Waals surface area (Å²) in [6.07, 6.45) is 2.89. The van der Waals surface area contributed by atoms with Gasteiger partial charge in [0.05, 0.1) is 16.9 Å². The quantitative estimate of drug-likeness (QED) is 0.774. The lowest BCUT2D eigenvalue weighted by Gasteiger charge is -2.46. The van der Waals surface area contributed by atoms with E-state index in [1.165, 1.54) is 5.57 Å². The smallest absolute Gasteiger partial charge is 0.207 e. The molecule has 0 bridgehead atoms. The Balaban J connectivity index is 2.08. The number of nitrogens with zero attached hydrogens (tertiary/aromatic N) is 2. The Bertz CT molecular complexity index is 854. The van der Waals surface area contributed by atoms with Gasteiger partial charge in [-0.15, -0.1) is 0 Å². The van der Waals surface area contributed by atoms with Crippen LogP contribution in [0.1, 0.15) is 37.0 Å². The average Bonchev–Trinajstić information content (AvgIpc) is 2.46. The lowest BCUT2D eigenvalue weighted by molar-refractivity contribution is 0.194. The Hall–Kier alpha value is -1.64. The van der Waals surface area contributed by atoms with Gasteiger partial charge in [0.1, 0.15) is 0 Å². The van der Waals surface area contributed by atoms with Gasteiger partial charge in [0.25, 0.3) is 0 Å². The zero-order valence-electron chi connectivity index (χ0n) is 15.6. The van der Waals surface area contributed by atoms with E-state index >= 15 is 0 Å². The van der Waals surface area contributed by atoms with Crippen molar-refractivity contribution >= 4 is 10.0 Å². The highest BCUT2D eigenvalue weighted by molar-refractivity contribution is 7.89. The first-order valence-electron chi connectivity index (χ1n) is 8.86. The molecule has 0 aromatic heterocycles. The summed E-state index contributed by atoms with van der Waals surface area (Å²) in [5, 5.41) is 9.28. The molecule has 5 heteroatoms. The van der Waals surface area contributed by atoms with E-state index in [1.54, 1.807) is 4.31 Å². The van der Waals surface area contributed by atoms with Crippen LogP contribution in [-0.2, 0) is 10.0 Å². The first kappa shape index (κ1) is 18.2. The van der Waals surface area contributed by atoms with Crippen molar-refractivity contribution in [2.45, 2.75) is 52.0 Å². The molecule has 3 rings (SSSR count). The summed E-state index contributed by atoms with van der Waals surface area (Å²) < 4.78 is 28.7. The molecule has 0 saturated heterocycles. The SMILES string of the molecule is Cc1cc(C)c(S(=O)(=O)N2C[C@H]3C(=C[C@@H]2C(C)C)C[C@H]3C#N)c(C)c1. The summed E-state index contributed by atoms with van der Waals surface area (Å²) >= 11 is 0. The monoisotopic (exact) mass is 358 g/mol. The minimum atomic E-state index is -3.61. The predicted octanol–water partition coefficient (Wildman–Crippen LogP) is 3.73. The van der Waals surface area contributed by atoms with Crippen LogP contribution >= 0.6 is 0 Å². The molecule has 1 aromatic carbocycles. The highest BCUT2D eigenvalue weighted by Gasteiger charge is 2.46. The van der Waals surface area contributed by atoms with Crippen LogP contribution in [0, 0.1) is 49.9 Å². The molecular formula is C20H26N2O2S. The third-order valence-electron chi connectivity index (χ3n) is 5.53. The van der Waals surface area contributed by atoms with Gasteiger partial charge in [-0.2, -0.15) is 9.57 Å². The average molecular weight is 359 g/mol. The number of benzene rings is 1. The third kappa shape index (κ3) is 2.92. The van der Waals surface area contributed by atoms with E-state index < -0.39 is 10.0 Å². The van der Waals surface area contributed by atoms with Crippen molar-refractivity contribution in [3.63, 3.8) is 0 Å². The van der Waals surface area contributed by atoms with Crippen molar-refractivity contribution in [1.29, 1.82) is 5.26 Å². The van der Waals surface area contributed by atoms with Gasteiger partial charge in [-0.3, -0.25) is 0 Å². The Morgan fingerprint density at radius 1 is 1.20 bits per heavy atom. The maximum absolute atomic E-state index is 13.5. The number of hydrogen-bond donors (Lipinski definition) is 0. The summed E-state index contributed by atoms with van der Waals surface area (Å²) in [6, 6.07) is 6.04. The van der Waals surface area contributed by atoms with Crippen LogP contribution in [0.25, 0.3) is 0 Å². The molecule has 1 aliphatic carbocycles. The van der Waals surface area contributed by atoms with Gasteiger partial charge >= 0.3 is 0 Å². The fourth-order valence-corrected chi connectivity index (χ4v) is 6.46. The summed E-state index contributed by atoms with van der Waals surface area (Å²) in [4.78, 5) is 0.424. The molecule has 1 aliphatic heterocycles. The standard InChI is InChI=1S/C20H26N2O2S/c1-12(2)19-9-16-8-17(10-21)18(16)11-22(19)25(23,24)20-14(4)6-13(3)7-15(20)5/h6-7,9,12,17-19H,8,11H2,1-5H3/t17-,18-,19+/m0/s1. The molecule has 0 unspecified atom stereocenters. The molecule has 1 heterocycles. The van der Waals surface area contributed by atoms with Crippen LogP contribution in [0.5, 0.6) is 0 Å². The van der Waals surface area contributed by atoms with Crippen LogP contribution < -0.4 is 0 Å². The number of fused-ring (bicyclic) bond motifs is 1. The number of hydrogen-bond acceptors (Lipinski definition) is 3. The van der Waals surface area contributed by atoms with E-state index in [0.717, 1.165) is 23.1 Å². The van der Waals surface area contributed by atoms with E-state index in [9.17, 15) is 13.7 Å². The topological polar surface area (TPSA) is 61.2 Å². The van der Waals surface area contributed by atoms with Gasteiger partial charge < -0.3 is 0 Å². The molecule has 25 heavy (non-hydrogen) atoms. The Kier molecular flexibility index (Phi) is 4.55. The van der Waals surface area contributed by atoms with Crippen molar-refractivity contribution in [2.24, 2.45) is 17.8 Å². The summed E-state index contributed by atoms with van der Waals surface area (Å²) in [6.45, 7) is 10.2. The second-order valence-electron chi connectivity index (χ2n) is 7.82. The lowest BCUT2D eigenvalue weighted by atomic mass is 9.67. The van der Waals surface area contributed by atoms with Gasteiger partial charge in [0, 0.05) is 18.5 Å². The Morgan fingerprint density at radius 3 is 2.32 bits per heavy atom. The maximum atomic E-state index is 13.5. The van der Waals surface area contributed by atoms with E-state index in [-0.39, 0.29) is 23.8 Å². The van der Waals surface area contributed by atoms with Crippen molar-refractivity contribution in [2.75, 3.05) is 6.54 Å². The van der Waals surface area contributed by atoms with Crippen LogP contribution in [0.15, 0.2) is 28.7 Å². The van der Waals surface area contributed by atoms with Gasteiger partial charge in [-0.05, 0) is 44.2 Å². The zero-order chi connectivity index (χ0) is 18.5. The summed E-state index contributed by atoms with van der Waals surface area (Å²) in [5.41, 5.74) is 3.91. The molecule has 134 valence electrons. The van der Waals surface area contributed by atoms with Gasteiger partial charge in [-0.25, -0.2) is 8.42 Å². The number of sulfonamides is 1. The van der Waals surface area contributed by atoms with Gasteiger partial charge in [0.15, 0.2) is 0 Å². The number of nitriles is 1. The first-order valence-corrected chi connectivity index (χ1v) is 10.3. The Morgan fingerprint density at radius 2 is 1.80 bits per heavy atom. The molecular weight excluding hydrogens is 332 g/mol. The molecule has 2 aliphatic rings. The molecule has 1 fully saturated rings. The minimum absolute atomic E-state index is 0.0563. The minimum Gasteiger partial charge on any atom is -0.207 e. The highest BCUT2D eigenvalue weighted by Crippen LogP contribution is 2.45. The van der Waals surface area contributed by atoms with E-state index in [2.05, 4.69) is 26.0 Å². The fraction of sp³-hybridized carbons (Fsp3) is 0.550. The van der Waals surface area contributed by atoms with E-state index in [4.69, 9.17) is 0 Å². The van der Waals surface area contributed by atoms with Crippen molar-refractivity contribution in [3.05, 3.63) is 40.5 Å². The second-order valence-corrected chi connectivity index (χ2v) is 9.65. The molecule has 4 nitrogen and oxygen atoms in total. The van der Waals surface area contributed by atoms with Crippen LogP contribution in [0.4, 0.5) is 0 Å². The largest absolute Gasteiger partial charge is 0.244 e. The number of rotatable bonds is 3. The van der Waals surface area contributed by atoms with Gasteiger partial charge in [0.2, 0.25) is 10.0 Å². The fourth-order valence-electron chi connectivity index (χ4n) is 4.31. The lowest BCUT2D eigenvalue weighted by Crippen LogP contribution is -2.52. The molecule has 0 radical (unpaired) electrons. The first-order chi connectivity index (χ1) is 11.7. The van der Waals surface area contributed by atoms with Crippen LogP contribution in [-0.4, -0.2) is 25.3 Å². The predicted molar refractivity (Wildman–Crippen MR) is 98.5 cm³/mol. The molecule has 0 amide bonds. The highest BCUT2D eigenvalue weighted by atomic mass is 32.2. The van der Waals surface area contributed by atoms with Crippen molar-refractivity contribution in [3.8, 4) is 6.07 Å². The van der Waals surface area contributed by atoms with Crippen LogP contribution in [0.3, 0.4) is 0 Å². The molecule has 0 N–H and O–H groups in total. The number of aryl methyl sites for hydroxylation is 3. The summed E-state index contributed by atoms with van der Waals surface area (Å²) in [7, 11) is -3.61. The summed E-state index contributed by atoms with van der Waals surface area (Å²) in [5.74, 6) is 0.188.